The second-order valence-corrected chi connectivity index (χ2v) is 8.12. The number of anilines is 1. The first-order valence-corrected chi connectivity index (χ1v) is 10.2. The number of benzene rings is 2. The van der Waals surface area contributed by atoms with Crippen molar-refractivity contribution in [2.75, 3.05) is 5.32 Å². The van der Waals surface area contributed by atoms with E-state index in [-0.39, 0.29) is 17.9 Å². The minimum Gasteiger partial charge on any atom is -0.349 e. The predicted octanol–water partition coefficient (Wildman–Crippen LogP) is 5.26. The van der Waals surface area contributed by atoms with E-state index in [0.717, 1.165) is 29.3 Å². The fourth-order valence-electron chi connectivity index (χ4n) is 3.12. The molecule has 0 spiro atoms. The van der Waals surface area contributed by atoms with E-state index >= 15 is 0 Å². The molecule has 0 atom stereocenters. The first-order valence-electron chi connectivity index (χ1n) is 8.70. The van der Waals surface area contributed by atoms with Gasteiger partial charge in [0.25, 0.3) is 11.8 Å². The molecule has 0 heterocycles. The highest BCUT2D eigenvalue weighted by Crippen LogP contribution is 2.23. The molecule has 3 rings (SSSR count). The van der Waals surface area contributed by atoms with Crippen LogP contribution in [0.2, 0.25) is 5.02 Å². The Bertz CT molecular complexity index is 819. The van der Waals surface area contributed by atoms with Crippen LogP contribution in [0.3, 0.4) is 0 Å². The van der Waals surface area contributed by atoms with Crippen molar-refractivity contribution in [1.29, 1.82) is 0 Å². The van der Waals surface area contributed by atoms with Crippen LogP contribution in [0.5, 0.6) is 0 Å². The molecule has 6 heteroatoms. The zero-order valence-electron chi connectivity index (χ0n) is 14.2. The molecule has 2 amide bonds. The predicted molar refractivity (Wildman–Crippen MR) is 113 cm³/mol. The quantitative estimate of drug-likeness (QED) is 0.584. The highest BCUT2D eigenvalue weighted by molar-refractivity contribution is 14.1. The Morgan fingerprint density at radius 1 is 1.00 bits per heavy atom. The number of rotatable bonds is 4. The highest BCUT2D eigenvalue weighted by Gasteiger charge is 2.19. The summed E-state index contributed by atoms with van der Waals surface area (Å²) in [6, 6.07) is 12.5. The zero-order valence-corrected chi connectivity index (χ0v) is 17.1. The second kappa shape index (κ2) is 8.86. The van der Waals surface area contributed by atoms with Gasteiger partial charge in [-0.25, -0.2) is 0 Å². The van der Waals surface area contributed by atoms with Gasteiger partial charge in [-0.2, -0.15) is 0 Å². The number of carbonyl (C=O) groups excluding carboxylic acids is 2. The van der Waals surface area contributed by atoms with Gasteiger partial charge in [0.2, 0.25) is 0 Å². The normalized spacial score (nSPS) is 14.7. The monoisotopic (exact) mass is 482 g/mol. The highest BCUT2D eigenvalue weighted by atomic mass is 127. The SMILES string of the molecule is O=C(Nc1ccc(Cl)c(C(=O)NC2CCCCC2)c1)c1cccc(I)c1. The van der Waals surface area contributed by atoms with E-state index < -0.39 is 0 Å². The average molecular weight is 483 g/mol. The van der Waals surface area contributed by atoms with E-state index in [9.17, 15) is 9.59 Å². The van der Waals surface area contributed by atoms with Crippen molar-refractivity contribution in [1.82, 2.24) is 5.32 Å². The van der Waals surface area contributed by atoms with Crippen molar-refractivity contribution in [2.45, 2.75) is 38.1 Å². The Hall–Kier alpha value is -1.60. The van der Waals surface area contributed by atoms with E-state index in [4.69, 9.17) is 11.6 Å². The molecule has 136 valence electrons. The molecule has 1 aliphatic carbocycles. The van der Waals surface area contributed by atoms with Gasteiger partial charge in [0.15, 0.2) is 0 Å². The summed E-state index contributed by atoms with van der Waals surface area (Å²) in [5.41, 5.74) is 1.50. The summed E-state index contributed by atoms with van der Waals surface area (Å²) >= 11 is 8.37. The summed E-state index contributed by atoms with van der Waals surface area (Å²) in [6.45, 7) is 0. The summed E-state index contributed by atoms with van der Waals surface area (Å²) in [4.78, 5) is 25.0. The lowest BCUT2D eigenvalue weighted by molar-refractivity contribution is 0.0926. The molecule has 0 aromatic heterocycles. The second-order valence-electron chi connectivity index (χ2n) is 6.47. The molecule has 1 saturated carbocycles. The topological polar surface area (TPSA) is 58.2 Å². The van der Waals surface area contributed by atoms with E-state index in [1.54, 1.807) is 24.3 Å². The molecule has 2 N–H and O–H groups in total. The molecule has 2 aromatic rings. The summed E-state index contributed by atoms with van der Waals surface area (Å²) in [5, 5.41) is 6.27. The molecule has 26 heavy (non-hydrogen) atoms. The minimum absolute atomic E-state index is 0.188. The smallest absolute Gasteiger partial charge is 0.255 e. The van der Waals surface area contributed by atoms with Gasteiger partial charge in [-0.05, 0) is 71.8 Å². The van der Waals surface area contributed by atoms with Crippen LogP contribution in [0, 0.1) is 3.57 Å². The van der Waals surface area contributed by atoms with Crippen LogP contribution in [0.4, 0.5) is 5.69 Å². The van der Waals surface area contributed by atoms with Crippen molar-refractivity contribution < 1.29 is 9.59 Å². The molecular formula is C20H20ClIN2O2. The Balaban J connectivity index is 1.72. The maximum absolute atomic E-state index is 12.6. The summed E-state index contributed by atoms with van der Waals surface area (Å²) in [7, 11) is 0. The first kappa shape index (κ1) is 19.2. The van der Waals surface area contributed by atoms with Gasteiger partial charge in [-0.15, -0.1) is 0 Å². The zero-order chi connectivity index (χ0) is 18.5. The minimum atomic E-state index is -0.218. The van der Waals surface area contributed by atoms with Gasteiger partial charge in [0.1, 0.15) is 0 Å². The molecule has 0 unspecified atom stereocenters. The molecule has 4 nitrogen and oxygen atoms in total. The van der Waals surface area contributed by atoms with Crippen LogP contribution in [0.15, 0.2) is 42.5 Å². The van der Waals surface area contributed by atoms with Crippen LogP contribution < -0.4 is 10.6 Å². The number of hydrogen-bond acceptors (Lipinski definition) is 2. The Labute approximate surface area is 171 Å². The molecule has 2 aromatic carbocycles. The standard InChI is InChI=1S/C20H20ClIN2O2/c21-18-10-9-16(24-19(25)13-5-4-6-14(22)11-13)12-17(18)20(26)23-15-7-2-1-3-8-15/h4-6,9-12,15H,1-3,7-8H2,(H,23,26)(H,24,25). The average Bonchev–Trinajstić information content (AvgIpc) is 2.64. The molecule has 0 aliphatic heterocycles. The van der Waals surface area contributed by atoms with Crippen molar-refractivity contribution in [3.05, 3.63) is 62.2 Å². The molecule has 1 aliphatic rings. The third-order valence-electron chi connectivity index (χ3n) is 4.50. The van der Waals surface area contributed by atoms with Gasteiger partial charge in [0, 0.05) is 20.9 Å². The van der Waals surface area contributed by atoms with E-state index in [2.05, 4.69) is 33.2 Å². The third-order valence-corrected chi connectivity index (χ3v) is 5.50. The van der Waals surface area contributed by atoms with Crippen LogP contribution in [0.25, 0.3) is 0 Å². The molecular weight excluding hydrogens is 463 g/mol. The molecule has 0 bridgehead atoms. The number of carbonyl (C=O) groups is 2. The maximum atomic E-state index is 12.6. The lowest BCUT2D eigenvalue weighted by atomic mass is 9.95. The van der Waals surface area contributed by atoms with Crippen LogP contribution in [-0.2, 0) is 0 Å². The Kier molecular flexibility index (Phi) is 6.53. The van der Waals surface area contributed by atoms with Crippen molar-refractivity contribution >= 4 is 51.7 Å². The molecule has 1 fully saturated rings. The fraction of sp³-hybridized carbons (Fsp3) is 0.300. The van der Waals surface area contributed by atoms with E-state index in [1.165, 1.54) is 6.42 Å². The summed E-state index contributed by atoms with van der Waals surface area (Å²) in [5.74, 6) is -0.406. The van der Waals surface area contributed by atoms with Gasteiger partial charge >= 0.3 is 0 Å². The third kappa shape index (κ3) is 4.98. The van der Waals surface area contributed by atoms with E-state index in [1.807, 2.05) is 18.2 Å². The summed E-state index contributed by atoms with van der Waals surface area (Å²) in [6.07, 6.45) is 5.53. The van der Waals surface area contributed by atoms with E-state index in [0.29, 0.717) is 21.8 Å². The lowest BCUT2D eigenvalue weighted by Gasteiger charge is -2.23. The van der Waals surface area contributed by atoms with Gasteiger partial charge in [-0.3, -0.25) is 9.59 Å². The molecule has 0 radical (unpaired) electrons. The number of amides is 2. The largest absolute Gasteiger partial charge is 0.349 e. The first-order chi connectivity index (χ1) is 12.5. The number of hydrogen-bond donors (Lipinski definition) is 2. The van der Waals surface area contributed by atoms with Crippen molar-refractivity contribution in [2.24, 2.45) is 0 Å². The van der Waals surface area contributed by atoms with Crippen LogP contribution in [-0.4, -0.2) is 17.9 Å². The maximum Gasteiger partial charge on any atom is 0.255 e. The van der Waals surface area contributed by atoms with Gasteiger partial charge < -0.3 is 10.6 Å². The Morgan fingerprint density at radius 2 is 1.77 bits per heavy atom. The van der Waals surface area contributed by atoms with Crippen molar-refractivity contribution in [3.63, 3.8) is 0 Å². The van der Waals surface area contributed by atoms with Gasteiger partial charge in [-0.1, -0.05) is 36.9 Å². The van der Waals surface area contributed by atoms with Gasteiger partial charge in [0.05, 0.1) is 10.6 Å². The number of nitrogens with one attached hydrogen (secondary N) is 2. The molecule has 0 saturated heterocycles. The Morgan fingerprint density at radius 3 is 2.50 bits per heavy atom. The van der Waals surface area contributed by atoms with Crippen LogP contribution >= 0.6 is 34.2 Å². The van der Waals surface area contributed by atoms with Crippen LogP contribution in [0.1, 0.15) is 52.8 Å². The fourth-order valence-corrected chi connectivity index (χ4v) is 3.87. The number of halogens is 2. The summed E-state index contributed by atoms with van der Waals surface area (Å²) < 4.78 is 0.985. The van der Waals surface area contributed by atoms with Crippen molar-refractivity contribution in [3.8, 4) is 0 Å². The lowest BCUT2D eigenvalue weighted by Crippen LogP contribution is -2.36.